The molecule has 1 aliphatic rings. The molecule has 0 aliphatic carbocycles. The van der Waals surface area contributed by atoms with E-state index in [0.717, 1.165) is 24.2 Å². The van der Waals surface area contributed by atoms with E-state index in [1.54, 1.807) is 59.5 Å². The van der Waals surface area contributed by atoms with E-state index in [0.29, 0.717) is 38.2 Å². The van der Waals surface area contributed by atoms with Crippen molar-refractivity contribution >= 4 is 45.6 Å². The molecule has 0 spiro atoms. The molecule has 0 saturated carbocycles. The number of fused-ring (bicyclic) bond motifs is 2. The molecule has 0 saturated heterocycles. The van der Waals surface area contributed by atoms with Gasteiger partial charge >= 0.3 is 0 Å². The van der Waals surface area contributed by atoms with Gasteiger partial charge < -0.3 is 15.1 Å². The van der Waals surface area contributed by atoms with Crippen molar-refractivity contribution in [3.8, 4) is 0 Å². The van der Waals surface area contributed by atoms with Gasteiger partial charge in [-0.3, -0.25) is 9.59 Å². The van der Waals surface area contributed by atoms with Crippen LogP contribution >= 0.6 is 11.6 Å². The van der Waals surface area contributed by atoms with Crippen molar-refractivity contribution < 1.29 is 13.8 Å². The zero-order valence-electron chi connectivity index (χ0n) is 21.5. The summed E-state index contributed by atoms with van der Waals surface area (Å²) in [6, 6.07) is 29.3. The van der Waals surface area contributed by atoms with Gasteiger partial charge in [-0.15, -0.1) is 0 Å². The Bertz CT molecular complexity index is 1540. The maximum absolute atomic E-state index is 13.8. The second-order valence-electron chi connectivity index (χ2n) is 9.34. The summed E-state index contributed by atoms with van der Waals surface area (Å²) >= 11 is 6.21. The Morgan fingerprint density at radius 3 is 2.49 bits per heavy atom. The maximum Gasteiger partial charge on any atom is 0.259 e. The summed E-state index contributed by atoms with van der Waals surface area (Å²) in [4.78, 5) is 31.5. The van der Waals surface area contributed by atoms with Gasteiger partial charge in [0.1, 0.15) is 0 Å². The summed E-state index contributed by atoms with van der Waals surface area (Å²) < 4.78 is 13.6. The van der Waals surface area contributed by atoms with Crippen molar-refractivity contribution in [2.45, 2.75) is 22.8 Å². The van der Waals surface area contributed by atoms with E-state index in [1.165, 1.54) is 0 Å². The molecule has 2 amide bonds. The van der Waals surface area contributed by atoms with Gasteiger partial charge in [0.25, 0.3) is 11.8 Å². The molecule has 1 N–H and O–H groups in total. The normalized spacial score (nSPS) is 14.3. The van der Waals surface area contributed by atoms with E-state index < -0.39 is 10.8 Å². The van der Waals surface area contributed by atoms with Crippen molar-refractivity contribution in [2.75, 3.05) is 29.9 Å². The molecule has 4 aromatic carbocycles. The minimum Gasteiger partial charge on any atom is -0.375 e. The number of nitrogens with one attached hydrogen (secondary N) is 1. The molecule has 39 heavy (non-hydrogen) atoms. The summed E-state index contributed by atoms with van der Waals surface area (Å²) in [6.07, 6.45) is 0.765. The van der Waals surface area contributed by atoms with E-state index in [9.17, 15) is 13.8 Å². The SMILES string of the molecule is CN(CCCNC(=O)c1ccc2c(c1)N(Cc1cccc(Cl)c1)C(=O)c1ccccc1S2=O)c1ccccc1. The maximum atomic E-state index is 13.8. The van der Waals surface area contributed by atoms with E-state index in [1.807, 2.05) is 49.5 Å². The molecule has 0 radical (unpaired) electrons. The summed E-state index contributed by atoms with van der Waals surface area (Å²) in [5, 5.41) is 3.54. The van der Waals surface area contributed by atoms with Crippen LogP contribution in [0.5, 0.6) is 0 Å². The lowest BCUT2D eigenvalue weighted by atomic mass is 10.1. The predicted molar refractivity (Wildman–Crippen MR) is 156 cm³/mol. The van der Waals surface area contributed by atoms with Crippen LogP contribution in [0.4, 0.5) is 11.4 Å². The van der Waals surface area contributed by atoms with Crippen LogP contribution in [0.15, 0.2) is 107 Å². The first kappa shape index (κ1) is 26.7. The number of nitrogens with zero attached hydrogens (tertiary/aromatic N) is 2. The Balaban J connectivity index is 1.38. The van der Waals surface area contributed by atoms with E-state index in [4.69, 9.17) is 11.6 Å². The lowest BCUT2D eigenvalue weighted by Crippen LogP contribution is -2.31. The zero-order valence-corrected chi connectivity index (χ0v) is 23.0. The monoisotopic (exact) mass is 557 g/mol. The molecule has 0 aromatic heterocycles. The number of carbonyl (C=O) groups is 2. The average Bonchev–Trinajstić information content (AvgIpc) is 3.05. The first-order valence-corrected chi connectivity index (χ1v) is 14.2. The summed E-state index contributed by atoms with van der Waals surface area (Å²) in [5.41, 5.74) is 3.17. The highest BCUT2D eigenvalue weighted by Crippen LogP contribution is 2.36. The largest absolute Gasteiger partial charge is 0.375 e. The van der Waals surface area contributed by atoms with Gasteiger partial charge in [0.15, 0.2) is 0 Å². The Morgan fingerprint density at radius 1 is 0.923 bits per heavy atom. The predicted octanol–water partition coefficient (Wildman–Crippen LogP) is 5.92. The molecule has 8 heteroatoms. The molecular weight excluding hydrogens is 530 g/mol. The van der Waals surface area contributed by atoms with Crippen molar-refractivity contribution in [3.05, 3.63) is 119 Å². The van der Waals surface area contributed by atoms with Gasteiger partial charge in [-0.05, 0) is 66.6 Å². The van der Waals surface area contributed by atoms with E-state index >= 15 is 0 Å². The third-order valence-electron chi connectivity index (χ3n) is 6.66. The van der Waals surface area contributed by atoms with Crippen LogP contribution in [0, 0.1) is 0 Å². The number of anilines is 2. The highest BCUT2D eigenvalue weighted by molar-refractivity contribution is 7.85. The number of halogens is 1. The zero-order chi connectivity index (χ0) is 27.4. The van der Waals surface area contributed by atoms with Gasteiger partial charge in [-0.2, -0.15) is 0 Å². The Hall–Kier alpha value is -3.94. The van der Waals surface area contributed by atoms with Crippen molar-refractivity contribution in [2.24, 2.45) is 0 Å². The molecule has 4 aromatic rings. The minimum absolute atomic E-state index is 0.217. The molecular formula is C31H28ClN3O3S. The van der Waals surface area contributed by atoms with Crippen LogP contribution in [-0.4, -0.2) is 36.2 Å². The Morgan fingerprint density at radius 2 is 1.69 bits per heavy atom. The molecule has 1 aliphatic heterocycles. The van der Waals surface area contributed by atoms with E-state index in [-0.39, 0.29) is 18.4 Å². The third-order valence-corrected chi connectivity index (χ3v) is 8.39. The molecule has 198 valence electrons. The molecule has 0 bridgehead atoms. The van der Waals surface area contributed by atoms with Gasteiger partial charge in [0.05, 0.1) is 38.4 Å². The molecule has 6 nitrogen and oxygen atoms in total. The fraction of sp³-hybridized carbons (Fsp3) is 0.161. The number of benzene rings is 4. The lowest BCUT2D eigenvalue weighted by Gasteiger charge is -2.24. The van der Waals surface area contributed by atoms with Crippen LogP contribution in [0.2, 0.25) is 5.02 Å². The van der Waals surface area contributed by atoms with Gasteiger partial charge in [-0.1, -0.05) is 54.1 Å². The quantitative estimate of drug-likeness (QED) is 0.273. The summed E-state index contributed by atoms with van der Waals surface area (Å²) in [6.45, 7) is 1.50. The van der Waals surface area contributed by atoms with Gasteiger partial charge in [0.2, 0.25) is 0 Å². The fourth-order valence-electron chi connectivity index (χ4n) is 4.61. The second-order valence-corrected chi connectivity index (χ2v) is 11.2. The average molecular weight is 558 g/mol. The van der Waals surface area contributed by atoms with Crippen molar-refractivity contribution in [1.29, 1.82) is 0 Å². The second kappa shape index (κ2) is 11.8. The summed E-state index contributed by atoms with van der Waals surface area (Å²) in [5.74, 6) is -0.526. The number of carbonyl (C=O) groups excluding carboxylic acids is 2. The lowest BCUT2D eigenvalue weighted by molar-refractivity contribution is 0.0949. The molecule has 1 unspecified atom stereocenters. The van der Waals surface area contributed by atoms with Crippen molar-refractivity contribution in [3.63, 3.8) is 0 Å². The number of para-hydroxylation sites is 1. The molecule has 1 heterocycles. The molecule has 5 rings (SSSR count). The van der Waals surface area contributed by atoms with Gasteiger partial charge in [-0.25, -0.2) is 4.21 Å². The van der Waals surface area contributed by atoms with Crippen LogP contribution in [0.25, 0.3) is 0 Å². The summed E-state index contributed by atoms with van der Waals surface area (Å²) in [7, 11) is 0.432. The highest BCUT2D eigenvalue weighted by atomic mass is 35.5. The minimum atomic E-state index is -1.59. The molecule has 1 atom stereocenters. The Labute approximate surface area is 235 Å². The van der Waals surface area contributed by atoms with Crippen LogP contribution in [0.3, 0.4) is 0 Å². The van der Waals surface area contributed by atoms with E-state index in [2.05, 4.69) is 10.2 Å². The first-order chi connectivity index (χ1) is 18.9. The number of rotatable bonds is 8. The highest BCUT2D eigenvalue weighted by Gasteiger charge is 2.31. The van der Waals surface area contributed by atoms with Crippen molar-refractivity contribution in [1.82, 2.24) is 5.32 Å². The van der Waals surface area contributed by atoms with Gasteiger partial charge in [0, 0.05) is 36.4 Å². The number of hydrogen-bond acceptors (Lipinski definition) is 4. The van der Waals surface area contributed by atoms with Crippen LogP contribution < -0.4 is 15.1 Å². The smallest absolute Gasteiger partial charge is 0.259 e. The number of amides is 2. The Kier molecular flexibility index (Phi) is 8.10. The number of hydrogen-bond donors (Lipinski definition) is 1. The fourth-order valence-corrected chi connectivity index (χ4v) is 6.17. The standard InChI is InChI=1S/C31H28ClN3O3S/c1-34(25-11-3-2-4-12-25)18-8-17-33-30(36)23-15-16-29-27(20-23)35(21-22-9-7-10-24(32)19-22)31(37)26-13-5-6-14-28(26)39(29)38/h2-7,9-16,19-20H,8,17-18,21H2,1H3,(H,33,36). The topological polar surface area (TPSA) is 69.7 Å². The first-order valence-electron chi connectivity index (χ1n) is 12.7. The van der Waals surface area contributed by atoms with Crippen LogP contribution in [-0.2, 0) is 17.3 Å². The third kappa shape index (κ3) is 5.90. The molecule has 0 fully saturated rings. The van der Waals surface area contributed by atoms with Crippen LogP contribution in [0.1, 0.15) is 32.7 Å².